The summed E-state index contributed by atoms with van der Waals surface area (Å²) in [6, 6.07) is 8.85. The molecular weight excluding hydrogens is 374 g/mol. The van der Waals surface area contributed by atoms with Crippen molar-refractivity contribution in [2.24, 2.45) is 0 Å². The highest BCUT2D eigenvalue weighted by Gasteiger charge is 2.26. The van der Waals surface area contributed by atoms with Gasteiger partial charge < -0.3 is 5.32 Å². The Morgan fingerprint density at radius 2 is 1.96 bits per heavy atom. The largest absolute Gasteiger partial charge is 0.302 e. The third kappa shape index (κ3) is 4.54. The first-order valence-electron chi connectivity index (χ1n) is 8.15. The second-order valence-electron chi connectivity index (χ2n) is 6.07. The molecule has 26 heavy (non-hydrogen) atoms. The molecule has 0 unspecified atom stereocenters. The molecule has 0 saturated heterocycles. The average Bonchev–Trinajstić information content (AvgIpc) is 3.01. The number of ketones is 1. The molecule has 0 aliphatic carbocycles. The number of nitrogens with one attached hydrogen (secondary N) is 1. The Morgan fingerprint density at radius 1 is 1.23 bits per heavy atom. The summed E-state index contributed by atoms with van der Waals surface area (Å²) in [4.78, 5) is 29.3. The molecule has 0 atom stereocenters. The van der Waals surface area contributed by atoms with Crippen molar-refractivity contribution in [2.75, 3.05) is 18.1 Å². The molecule has 0 radical (unpaired) electrons. The molecule has 7 nitrogen and oxygen atoms in total. The Bertz CT molecular complexity index is 923. The topological polar surface area (TPSA) is 96.4 Å². The Morgan fingerprint density at radius 3 is 2.65 bits per heavy atom. The molecule has 0 bridgehead atoms. The molecule has 1 aromatic heterocycles. The van der Waals surface area contributed by atoms with Gasteiger partial charge in [-0.25, -0.2) is 13.4 Å². The summed E-state index contributed by atoms with van der Waals surface area (Å²) in [7, 11) is -3.24. The van der Waals surface area contributed by atoms with Crippen LogP contribution in [0.4, 0.5) is 5.13 Å². The van der Waals surface area contributed by atoms with Gasteiger partial charge in [-0.2, -0.15) is 4.31 Å². The van der Waals surface area contributed by atoms with Crippen molar-refractivity contribution < 1.29 is 18.0 Å². The maximum Gasteiger partial charge on any atom is 0.226 e. The lowest BCUT2D eigenvalue weighted by Crippen LogP contribution is -2.34. The van der Waals surface area contributed by atoms with Gasteiger partial charge in [-0.15, -0.1) is 11.3 Å². The molecule has 1 N–H and O–H groups in total. The third-order valence-corrected chi connectivity index (χ3v) is 6.33. The highest BCUT2D eigenvalue weighted by molar-refractivity contribution is 7.88. The Balaban J connectivity index is 1.56. The molecule has 2 heterocycles. The summed E-state index contributed by atoms with van der Waals surface area (Å²) in [5.74, 6) is -0.358. The molecule has 2 aromatic rings. The standard InChI is InChI=1S/C17H19N3O4S2/c1-26(23,24)20-10-9-13-15(11-20)25-17(18-13)19-16(22)8-7-14(21)12-5-3-2-4-6-12/h2-6H,7-11H2,1H3,(H,18,19,22). The van der Waals surface area contributed by atoms with Crippen LogP contribution in [0.1, 0.15) is 33.8 Å². The smallest absolute Gasteiger partial charge is 0.226 e. The lowest BCUT2D eigenvalue weighted by Gasteiger charge is -2.23. The number of Topliss-reactive ketones (excluding diaryl/α,β-unsaturated/α-hetero) is 1. The van der Waals surface area contributed by atoms with E-state index in [0.717, 1.165) is 10.6 Å². The van der Waals surface area contributed by atoms with Crippen molar-refractivity contribution in [3.63, 3.8) is 0 Å². The van der Waals surface area contributed by atoms with Gasteiger partial charge in [0.2, 0.25) is 15.9 Å². The van der Waals surface area contributed by atoms with E-state index in [1.54, 1.807) is 24.3 Å². The van der Waals surface area contributed by atoms with Crippen LogP contribution in [-0.4, -0.2) is 42.2 Å². The van der Waals surface area contributed by atoms with Gasteiger partial charge in [0.15, 0.2) is 10.9 Å². The van der Waals surface area contributed by atoms with Crippen LogP contribution in [0.3, 0.4) is 0 Å². The van der Waals surface area contributed by atoms with Gasteiger partial charge in [0.25, 0.3) is 0 Å². The van der Waals surface area contributed by atoms with E-state index in [1.807, 2.05) is 6.07 Å². The number of fused-ring (bicyclic) bond motifs is 1. The van der Waals surface area contributed by atoms with E-state index in [1.165, 1.54) is 21.9 Å². The average molecular weight is 393 g/mol. The maximum atomic E-state index is 12.1. The highest BCUT2D eigenvalue weighted by Crippen LogP contribution is 2.29. The number of hydrogen-bond acceptors (Lipinski definition) is 6. The van der Waals surface area contributed by atoms with E-state index < -0.39 is 10.0 Å². The molecular formula is C17H19N3O4S2. The summed E-state index contributed by atoms with van der Waals surface area (Å²) in [6.45, 7) is 0.683. The first-order chi connectivity index (χ1) is 12.3. The molecule has 1 aliphatic rings. The summed E-state index contributed by atoms with van der Waals surface area (Å²) in [6.07, 6.45) is 1.92. The molecule has 0 fully saturated rings. The fraction of sp³-hybridized carbons (Fsp3) is 0.353. The predicted molar refractivity (Wildman–Crippen MR) is 99.7 cm³/mol. The van der Waals surface area contributed by atoms with E-state index in [9.17, 15) is 18.0 Å². The number of benzene rings is 1. The SMILES string of the molecule is CS(=O)(=O)N1CCc2nc(NC(=O)CCC(=O)c3ccccc3)sc2C1. The monoisotopic (exact) mass is 393 g/mol. The van der Waals surface area contributed by atoms with Gasteiger partial charge in [-0.05, 0) is 0 Å². The zero-order chi connectivity index (χ0) is 18.7. The zero-order valence-electron chi connectivity index (χ0n) is 14.3. The lowest BCUT2D eigenvalue weighted by atomic mass is 10.1. The van der Waals surface area contributed by atoms with Crippen LogP contribution in [0.25, 0.3) is 0 Å². The number of thiazole rings is 1. The van der Waals surface area contributed by atoms with Crippen LogP contribution in [-0.2, 0) is 27.8 Å². The van der Waals surface area contributed by atoms with Gasteiger partial charge in [0.1, 0.15) is 0 Å². The number of carbonyl (C=O) groups excluding carboxylic acids is 2. The van der Waals surface area contributed by atoms with Gasteiger partial charge in [0.05, 0.1) is 11.9 Å². The fourth-order valence-corrected chi connectivity index (χ4v) is 4.59. The van der Waals surface area contributed by atoms with Crippen molar-refractivity contribution in [1.29, 1.82) is 0 Å². The van der Waals surface area contributed by atoms with E-state index in [2.05, 4.69) is 10.3 Å². The Labute approximate surface area is 156 Å². The number of nitrogens with zero attached hydrogens (tertiary/aromatic N) is 2. The maximum absolute atomic E-state index is 12.1. The molecule has 138 valence electrons. The van der Waals surface area contributed by atoms with Gasteiger partial charge in [-0.1, -0.05) is 30.3 Å². The van der Waals surface area contributed by atoms with Crippen molar-refractivity contribution in [3.8, 4) is 0 Å². The minimum Gasteiger partial charge on any atom is -0.302 e. The minimum absolute atomic E-state index is 0.0768. The fourth-order valence-electron chi connectivity index (χ4n) is 2.69. The summed E-state index contributed by atoms with van der Waals surface area (Å²) >= 11 is 1.28. The second kappa shape index (κ2) is 7.65. The van der Waals surface area contributed by atoms with Crippen LogP contribution in [0.2, 0.25) is 0 Å². The Kier molecular flexibility index (Phi) is 5.49. The molecule has 1 aliphatic heterocycles. The highest BCUT2D eigenvalue weighted by atomic mass is 32.2. The minimum atomic E-state index is -3.24. The number of anilines is 1. The third-order valence-electron chi connectivity index (χ3n) is 4.09. The zero-order valence-corrected chi connectivity index (χ0v) is 15.9. The van der Waals surface area contributed by atoms with Gasteiger partial charge in [0, 0.05) is 42.8 Å². The van der Waals surface area contributed by atoms with Crippen molar-refractivity contribution in [1.82, 2.24) is 9.29 Å². The van der Waals surface area contributed by atoms with Crippen molar-refractivity contribution >= 4 is 38.2 Å². The van der Waals surface area contributed by atoms with Crippen molar-refractivity contribution in [3.05, 3.63) is 46.5 Å². The quantitative estimate of drug-likeness (QED) is 0.758. The number of rotatable bonds is 6. The van der Waals surface area contributed by atoms with E-state index in [4.69, 9.17) is 0 Å². The molecule has 9 heteroatoms. The van der Waals surface area contributed by atoms with Crippen LogP contribution in [0.5, 0.6) is 0 Å². The number of hydrogen-bond donors (Lipinski definition) is 1. The molecule has 0 spiro atoms. The van der Waals surface area contributed by atoms with Gasteiger partial charge >= 0.3 is 0 Å². The first-order valence-corrected chi connectivity index (χ1v) is 10.8. The number of sulfonamides is 1. The van der Waals surface area contributed by atoms with E-state index in [0.29, 0.717) is 23.7 Å². The van der Waals surface area contributed by atoms with Crippen molar-refractivity contribution in [2.45, 2.75) is 25.8 Å². The van der Waals surface area contributed by atoms with E-state index >= 15 is 0 Å². The number of amides is 1. The first kappa shape index (κ1) is 18.7. The number of aromatic nitrogens is 1. The van der Waals surface area contributed by atoms with Crippen LogP contribution in [0, 0.1) is 0 Å². The summed E-state index contributed by atoms with van der Waals surface area (Å²) in [5, 5.41) is 3.15. The normalized spacial score (nSPS) is 14.7. The molecule has 3 rings (SSSR count). The second-order valence-corrected chi connectivity index (χ2v) is 9.14. The number of carbonyl (C=O) groups is 2. The summed E-state index contributed by atoms with van der Waals surface area (Å²) < 4.78 is 24.7. The molecule has 1 amide bonds. The molecule has 1 aromatic carbocycles. The predicted octanol–water partition coefficient (Wildman–Crippen LogP) is 2.06. The lowest BCUT2D eigenvalue weighted by molar-refractivity contribution is -0.116. The Hall–Kier alpha value is -2.10. The molecule has 0 saturated carbocycles. The van der Waals surface area contributed by atoms with E-state index in [-0.39, 0.29) is 31.1 Å². The van der Waals surface area contributed by atoms with Crippen LogP contribution < -0.4 is 5.32 Å². The summed E-state index contributed by atoms with van der Waals surface area (Å²) in [5.41, 5.74) is 1.41. The van der Waals surface area contributed by atoms with Crippen LogP contribution >= 0.6 is 11.3 Å². The van der Waals surface area contributed by atoms with Gasteiger partial charge in [-0.3, -0.25) is 9.59 Å². The van der Waals surface area contributed by atoms with Crippen LogP contribution in [0.15, 0.2) is 30.3 Å².